The molecule has 11 heteroatoms. The van der Waals surface area contributed by atoms with Crippen molar-refractivity contribution in [3.8, 4) is 0 Å². The van der Waals surface area contributed by atoms with Gasteiger partial charge in [-0.15, -0.1) is 0 Å². The second-order valence-electron chi connectivity index (χ2n) is 16.5. The summed E-state index contributed by atoms with van der Waals surface area (Å²) in [4.78, 5) is 44.0. The quantitative estimate of drug-likeness (QED) is 0.0500. The monoisotopic (exact) mass is 818 g/mol. The first-order chi connectivity index (χ1) is 28.3. The van der Waals surface area contributed by atoms with Crippen LogP contribution >= 0.6 is 0 Å². The van der Waals surface area contributed by atoms with Crippen LogP contribution in [-0.4, -0.2) is 100 Å². The van der Waals surface area contributed by atoms with Crippen LogP contribution in [0.2, 0.25) is 0 Å². The molecular formula is C47H83N3O8. The molecule has 5 atom stereocenters. The fraction of sp³-hybridized carbons (Fsp3) is 0.809. The molecule has 1 saturated heterocycles. The summed E-state index contributed by atoms with van der Waals surface area (Å²) in [6.45, 7) is 3.75. The zero-order chi connectivity index (χ0) is 42.2. The largest absolute Gasteiger partial charge is 0.444 e. The van der Waals surface area contributed by atoms with Crippen molar-refractivity contribution in [3.05, 3.63) is 35.9 Å². The van der Waals surface area contributed by atoms with Crippen LogP contribution in [0, 0.1) is 0 Å². The zero-order valence-electron chi connectivity index (χ0n) is 36.8. The summed E-state index contributed by atoms with van der Waals surface area (Å²) < 4.78 is 11.8. The Morgan fingerprint density at radius 1 is 0.655 bits per heavy atom. The highest BCUT2D eigenvalue weighted by molar-refractivity contribution is 5.93. The molecule has 4 N–H and O–H groups in total. The van der Waals surface area contributed by atoms with Gasteiger partial charge < -0.3 is 35.0 Å². The van der Waals surface area contributed by atoms with E-state index in [1.54, 1.807) is 19.2 Å². The summed E-state index contributed by atoms with van der Waals surface area (Å²) in [6.07, 6.45) is 22.7. The number of imide groups is 1. The van der Waals surface area contributed by atoms with E-state index in [9.17, 15) is 29.7 Å². The van der Waals surface area contributed by atoms with Crippen molar-refractivity contribution in [2.75, 3.05) is 26.7 Å². The van der Waals surface area contributed by atoms with E-state index < -0.39 is 49.2 Å². The Morgan fingerprint density at radius 3 is 1.59 bits per heavy atom. The van der Waals surface area contributed by atoms with Crippen LogP contribution in [0.3, 0.4) is 0 Å². The number of amides is 3. The minimum Gasteiger partial charge on any atom is -0.444 e. The Balaban J connectivity index is 2.12. The van der Waals surface area contributed by atoms with Crippen LogP contribution in [0.4, 0.5) is 4.79 Å². The molecule has 2 rings (SSSR count). The number of hydrogen-bond donors (Lipinski definition) is 4. The average molecular weight is 818 g/mol. The van der Waals surface area contributed by atoms with Crippen molar-refractivity contribution in [1.29, 1.82) is 0 Å². The van der Waals surface area contributed by atoms with Gasteiger partial charge in [0.05, 0.1) is 13.2 Å². The van der Waals surface area contributed by atoms with Gasteiger partial charge in [0.15, 0.2) is 6.23 Å². The van der Waals surface area contributed by atoms with E-state index in [1.807, 2.05) is 18.2 Å². The molecule has 1 heterocycles. The molecule has 1 fully saturated rings. The molecule has 0 saturated carbocycles. The first-order valence-electron chi connectivity index (χ1n) is 23.4. The SMILES string of the molecule is CCCCCCCCCCCCCCCCCC(=O)N(CCCCCCCCCCCC)[C@@H]1O[C@H](CO)[C@@H](O)[C@H](O)[C@H]1N(C(=O)CNC)C(=O)OCc1ccccc1. The van der Waals surface area contributed by atoms with Gasteiger partial charge >= 0.3 is 6.09 Å². The molecule has 3 amide bonds. The molecule has 1 aromatic rings. The Labute approximate surface area is 352 Å². The van der Waals surface area contributed by atoms with Crippen molar-refractivity contribution < 1.29 is 39.2 Å². The van der Waals surface area contributed by atoms with Gasteiger partial charge in [0.25, 0.3) is 0 Å². The lowest BCUT2D eigenvalue weighted by atomic mass is 9.93. The van der Waals surface area contributed by atoms with Crippen LogP contribution < -0.4 is 5.32 Å². The predicted molar refractivity (Wildman–Crippen MR) is 232 cm³/mol. The third-order valence-corrected chi connectivity index (χ3v) is 11.5. The Hall–Kier alpha value is -2.57. The van der Waals surface area contributed by atoms with E-state index in [2.05, 4.69) is 19.2 Å². The van der Waals surface area contributed by atoms with E-state index in [1.165, 1.54) is 114 Å². The van der Waals surface area contributed by atoms with E-state index in [0.29, 0.717) is 18.4 Å². The van der Waals surface area contributed by atoms with E-state index in [-0.39, 0.29) is 32.0 Å². The molecule has 0 aliphatic carbocycles. The van der Waals surface area contributed by atoms with E-state index >= 15 is 0 Å². The third-order valence-electron chi connectivity index (χ3n) is 11.5. The van der Waals surface area contributed by atoms with Crippen LogP contribution in [0.1, 0.15) is 186 Å². The zero-order valence-corrected chi connectivity index (χ0v) is 36.8. The highest BCUT2D eigenvalue weighted by Crippen LogP contribution is 2.30. The maximum absolute atomic E-state index is 14.2. The summed E-state index contributed by atoms with van der Waals surface area (Å²) in [7, 11) is 1.56. The molecule has 0 unspecified atom stereocenters. The molecule has 0 bridgehead atoms. The highest BCUT2D eigenvalue weighted by Gasteiger charge is 2.53. The van der Waals surface area contributed by atoms with Gasteiger partial charge in [-0.2, -0.15) is 0 Å². The number of aliphatic hydroxyl groups is 3. The number of carbonyl (C=O) groups excluding carboxylic acids is 3. The third kappa shape index (κ3) is 20.6. The van der Waals surface area contributed by atoms with Crippen molar-refractivity contribution in [2.45, 2.75) is 218 Å². The fourth-order valence-corrected chi connectivity index (χ4v) is 7.99. The Bertz CT molecular complexity index is 1190. The molecule has 0 spiro atoms. The first-order valence-corrected chi connectivity index (χ1v) is 23.4. The summed E-state index contributed by atoms with van der Waals surface area (Å²) in [5.74, 6) is -0.916. The molecule has 58 heavy (non-hydrogen) atoms. The van der Waals surface area contributed by atoms with Crippen LogP contribution in [0.25, 0.3) is 0 Å². The number of rotatable bonds is 34. The number of nitrogens with zero attached hydrogens (tertiary/aromatic N) is 2. The van der Waals surface area contributed by atoms with Crippen LogP contribution in [0.5, 0.6) is 0 Å². The van der Waals surface area contributed by atoms with Gasteiger partial charge in [0.1, 0.15) is 31.0 Å². The number of nitrogens with one attached hydrogen (secondary N) is 1. The molecule has 1 aromatic carbocycles. The molecule has 0 aromatic heterocycles. The van der Waals surface area contributed by atoms with Crippen molar-refractivity contribution in [2.24, 2.45) is 0 Å². The molecular weight excluding hydrogens is 735 g/mol. The molecule has 1 aliphatic rings. The number of benzene rings is 1. The number of carbonyl (C=O) groups is 3. The number of hydrogen-bond acceptors (Lipinski definition) is 9. The second kappa shape index (κ2) is 33.2. The summed E-state index contributed by atoms with van der Waals surface area (Å²) >= 11 is 0. The van der Waals surface area contributed by atoms with Crippen molar-refractivity contribution >= 4 is 17.9 Å². The van der Waals surface area contributed by atoms with Gasteiger partial charge in [0.2, 0.25) is 11.8 Å². The van der Waals surface area contributed by atoms with Crippen LogP contribution in [0.15, 0.2) is 30.3 Å². The molecule has 0 radical (unpaired) electrons. The maximum atomic E-state index is 14.2. The van der Waals surface area contributed by atoms with Gasteiger partial charge in [-0.1, -0.05) is 192 Å². The standard InChI is InChI=1S/C47H83N3O8/c1-4-6-8-10-12-14-16-17-18-19-20-21-23-25-30-34-41(52)49(35-31-26-24-22-15-13-11-9-7-5-2)46-43(45(55)44(54)40(37-51)58-46)50(42(53)36-48-3)47(56)57-38-39-32-28-27-29-33-39/h27-29,32-33,40,43-46,48,51,54-55H,4-26,30-31,34-38H2,1-3H3/t40-,43-,44-,45-,46-/m1/s1. The Kier molecular flexibility index (Phi) is 29.5. The number of likely N-dealkylation sites (N-methyl/N-ethyl adjacent to an activating group) is 1. The van der Waals surface area contributed by atoms with E-state index in [0.717, 1.165) is 43.4 Å². The highest BCUT2D eigenvalue weighted by atomic mass is 16.6. The topological polar surface area (TPSA) is 149 Å². The average Bonchev–Trinajstić information content (AvgIpc) is 3.23. The summed E-state index contributed by atoms with van der Waals surface area (Å²) in [6, 6.07) is 7.55. The normalized spacial score (nSPS) is 19.2. The minimum absolute atomic E-state index is 0.125. The fourth-order valence-electron chi connectivity index (χ4n) is 7.99. The lowest BCUT2D eigenvalue weighted by Crippen LogP contribution is -2.70. The van der Waals surface area contributed by atoms with Gasteiger partial charge in [0, 0.05) is 13.0 Å². The predicted octanol–water partition coefficient (Wildman–Crippen LogP) is 9.19. The lowest BCUT2D eigenvalue weighted by molar-refractivity contribution is -0.244. The van der Waals surface area contributed by atoms with E-state index in [4.69, 9.17) is 9.47 Å². The molecule has 1 aliphatic heterocycles. The lowest BCUT2D eigenvalue weighted by Gasteiger charge is -2.49. The Morgan fingerprint density at radius 2 is 1.12 bits per heavy atom. The first kappa shape index (κ1) is 51.6. The number of aliphatic hydroxyl groups excluding tert-OH is 3. The number of ether oxygens (including phenoxy) is 2. The summed E-state index contributed by atoms with van der Waals surface area (Å²) in [5, 5.41) is 35.7. The number of unbranched alkanes of at least 4 members (excludes halogenated alkanes) is 23. The van der Waals surface area contributed by atoms with Gasteiger partial charge in [-0.05, 0) is 25.5 Å². The second-order valence-corrected chi connectivity index (χ2v) is 16.5. The van der Waals surface area contributed by atoms with Crippen molar-refractivity contribution in [3.63, 3.8) is 0 Å². The maximum Gasteiger partial charge on any atom is 0.417 e. The molecule has 11 nitrogen and oxygen atoms in total. The minimum atomic E-state index is -1.71. The van der Waals surface area contributed by atoms with Gasteiger partial charge in [-0.25, -0.2) is 9.69 Å². The molecule has 334 valence electrons. The smallest absolute Gasteiger partial charge is 0.417 e. The van der Waals surface area contributed by atoms with Crippen molar-refractivity contribution in [1.82, 2.24) is 15.1 Å². The van der Waals surface area contributed by atoms with Gasteiger partial charge in [-0.3, -0.25) is 9.59 Å². The summed E-state index contributed by atoms with van der Waals surface area (Å²) in [5.41, 5.74) is 0.704. The van der Waals surface area contributed by atoms with Crippen LogP contribution in [-0.2, 0) is 25.7 Å².